The SMILES string of the molecule is NCc1cccc(Cl)c1OCC(=O)NCc1ccccc1. The number of rotatable bonds is 6. The summed E-state index contributed by atoms with van der Waals surface area (Å²) in [5.74, 6) is 0.262. The van der Waals surface area contributed by atoms with Gasteiger partial charge in [0, 0.05) is 18.7 Å². The highest BCUT2D eigenvalue weighted by atomic mass is 35.5. The molecule has 5 heteroatoms. The predicted molar refractivity (Wildman–Crippen MR) is 83.1 cm³/mol. The van der Waals surface area contributed by atoms with E-state index in [4.69, 9.17) is 22.1 Å². The molecule has 2 rings (SSSR count). The Labute approximate surface area is 128 Å². The Morgan fingerprint density at radius 3 is 2.62 bits per heavy atom. The van der Waals surface area contributed by atoms with Crippen LogP contribution < -0.4 is 15.8 Å². The van der Waals surface area contributed by atoms with Crippen molar-refractivity contribution in [2.75, 3.05) is 6.61 Å². The molecule has 110 valence electrons. The van der Waals surface area contributed by atoms with Crippen molar-refractivity contribution in [2.45, 2.75) is 13.1 Å². The van der Waals surface area contributed by atoms with Gasteiger partial charge in [0.15, 0.2) is 6.61 Å². The maximum atomic E-state index is 11.8. The molecule has 0 atom stereocenters. The minimum atomic E-state index is -0.207. The number of nitrogens with two attached hydrogens (primary N) is 1. The summed E-state index contributed by atoms with van der Waals surface area (Å²) >= 11 is 6.05. The highest BCUT2D eigenvalue weighted by Gasteiger charge is 2.09. The Balaban J connectivity index is 1.87. The van der Waals surface area contributed by atoms with Crippen molar-refractivity contribution in [1.82, 2.24) is 5.32 Å². The largest absolute Gasteiger partial charge is 0.482 e. The number of benzene rings is 2. The number of nitrogens with one attached hydrogen (secondary N) is 1. The van der Waals surface area contributed by atoms with Gasteiger partial charge in [-0.05, 0) is 11.6 Å². The molecule has 0 aliphatic carbocycles. The van der Waals surface area contributed by atoms with E-state index in [2.05, 4.69) is 5.32 Å². The van der Waals surface area contributed by atoms with E-state index in [-0.39, 0.29) is 12.5 Å². The lowest BCUT2D eigenvalue weighted by atomic mass is 10.2. The molecular formula is C16H17ClN2O2. The Bertz CT molecular complexity index is 602. The maximum Gasteiger partial charge on any atom is 0.258 e. The van der Waals surface area contributed by atoms with Crippen LogP contribution in [0.15, 0.2) is 48.5 Å². The van der Waals surface area contributed by atoms with Crippen molar-refractivity contribution in [3.8, 4) is 5.75 Å². The third-order valence-electron chi connectivity index (χ3n) is 2.95. The Kier molecular flexibility index (Phi) is 5.60. The summed E-state index contributed by atoms with van der Waals surface area (Å²) in [7, 11) is 0. The van der Waals surface area contributed by atoms with Crippen LogP contribution in [-0.4, -0.2) is 12.5 Å². The van der Waals surface area contributed by atoms with Crippen molar-refractivity contribution < 1.29 is 9.53 Å². The predicted octanol–water partition coefficient (Wildman–Crippen LogP) is 2.49. The fourth-order valence-corrected chi connectivity index (χ4v) is 2.11. The Hall–Kier alpha value is -2.04. The second-order valence-electron chi connectivity index (χ2n) is 4.48. The molecule has 2 aromatic rings. The van der Waals surface area contributed by atoms with Crippen molar-refractivity contribution in [3.63, 3.8) is 0 Å². The highest BCUT2D eigenvalue weighted by Crippen LogP contribution is 2.28. The molecule has 1 amide bonds. The average molecular weight is 305 g/mol. The van der Waals surface area contributed by atoms with Crippen LogP contribution in [0.25, 0.3) is 0 Å². The van der Waals surface area contributed by atoms with E-state index in [1.165, 1.54) is 0 Å². The van der Waals surface area contributed by atoms with Crippen LogP contribution in [0.4, 0.5) is 0 Å². The third-order valence-corrected chi connectivity index (χ3v) is 3.25. The summed E-state index contributed by atoms with van der Waals surface area (Å²) in [6, 6.07) is 15.0. The second-order valence-corrected chi connectivity index (χ2v) is 4.89. The molecule has 0 saturated carbocycles. The fourth-order valence-electron chi connectivity index (χ4n) is 1.86. The monoisotopic (exact) mass is 304 g/mol. The zero-order valence-corrected chi connectivity index (χ0v) is 12.3. The lowest BCUT2D eigenvalue weighted by Gasteiger charge is -2.12. The smallest absolute Gasteiger partial charge is 0.258 e. The van der Waals surface area contributed by atoms with Gasteiger partial charge in [0.05, 0.1) is 5.02 Å². The molecule has 0 bridgehead atoms. The fraction of sp³-hybridized carbons (Fsp3) is 0.188. The average Bonchev–Trinajstić information content (AvgIpc) is 2.52. The van der Waals surface area contributed by atoms with Crippen LogP contribution in [-0.2, 0) is 17.9 Å². The molecule has 0 aromatic heterocycles. The molecule has 0 aliphatic rings. The van der Waals surface area contributed by atoms with E-state index in [1.54, 1.807) is 12.1 Å². The summed E-state index contributed by atoms with van der Waals surface area (Å²) in [4.78, 5) is 11.8. The molecule has 0 radical (unpaired) electrons. The van der Waals surface area contributed by atoms with Gasteiger partial charge in [0.1, 0.15) is 5.75 Å². The first-order valence-electron chi connectivity index (χ1n) is 6.61. The van der Waals surface area contributed by atoms with Gasteiger partial charge in [0.2, 0.25) is 0 Å². The minimum absolute atomic E-state index is 0.0937. The van der Waals surface area contributed by atoms with E-state index in [0.29, 0.717) is 23.9 Å². The number of hydrogen-bond donors (Lipinski definition) is 2. The summed E-state index contributed by atoms with van der Waals surface area (Å²) < 4.78 is 5.49. The van der Waals surface area contributed by atoms with Crippen LogP contribution in [0.3, 0.4) is 0 Å². The number of carbonyl (C=O) groups excluding carboxylic acids is 1. The molecule has 0 fully saturated rings. The molecule has 0 spiro atoms. The molecular weight excluding hydrogens is 288 g/mol. The molecule has 4 nitrogen and oxygen atoms in total. The Morgan fingerprint density at radius 1 is 1.14 bits per heavy atom. The lowest BCUT2D eigenvalue weighted by Crippen LogP contribution is -2.28. The quantitative estimate of drug-likeness (QED) is 0.862. The molecule has 0 saturated heterocycles. The van der Waals surface area contributed by atoms with Crippen LogP contribution in [0.1, 0.15) is 11.1 Å². The van der Waals surface area contributed by atoms with Crippen LogP contribution >= 0.6 is 11.6 Å². The topological polar surface area (TPSA) is 64.3 Å². The standard InChI is InChI=1S/C16H17ClN2O2/c17-14-8-4-7-13(9-18)16(14)21-11-15(20)19-10-12-5-2-1-3-6-12/h1-8H,9-11,18H2,(H,19,20). The summed E-state index contributed by atoms with van der Waals surface area (Å²) in [5.41, 5.74) is 7.43. The Morgan fingerprint density at radius 2 is 1.90 bits per heavy atom. The van der Waals surface area contributed by atoms with Gasteiger partial charge in [-0.25, -0.2) is 0 Å². The molecule has 21 heavy (non-hydrogen) atoms. The number of halogens is 1. The first-order chi connectivity index (χ1) is 10.2. The van der Waals surface area contributed by atoms with Gasteiger partial charge in [0.25, 0.3) is 5.91 Å². The van der Waals surface area contributed by atoms with E-state index >= 15 is 0 Å². The summed E-state index contributed by atoms with van der Waals surface area (Å²) in [6.45, 7) is 0.681. The van der Waals surface area contributed by atoms with E-state index in [1.807, 2.05) is 36.4 Å². The number of carbonyl (C=O) groups is 1. The van der Waals surface area contributed by atoms with Crippen molar-refractivity contribution in [3.05, 3.63) is 64.7 Å². The first kappa shape index (κ1) is 15.4. The van der Waals surface area contributed by atoms with E-state index in [0.717, 1.165) is 11.1 Å². The normalized spacial score (nSPS) is 10.2. The lowest BCUT2D eigenvalue weighted by molar-refractivity contribution is -0.123. The minimum Gasteiger partial charge on any atom is -0.482 e. The van der Waals surface area contributed by atoms with Gasteiger partial charge in [-0.15, -0.1) is 0 Å². The summed E-state index contributed by atoms with van der Waals surface area (Å²) in [5, 5.41) is 3.24. The molecule has 3 N–H and O–H groups in total. The zero-order valence-electron chi connectivity index (χ0n) is 11.5. The summed E-state index contributed by atoms with van der Waals surface area (Å²) in [6.07, 6.45) is 0. The third kappa shape index (κ3) is 4.48. The second kappa shape index (κ2) is 7.67. The molecule has 2 aromatic carbocycles. The van der Waals surface area contributed by atoms with Gasteiger partial charge >= 0.3 is 0 Å². The van der Waals surface area contributed by atoms with Gasteiger partial charge < -0.3 is 15.8 Å². The zero-order chi connectivity index (χ0) is 15.1. The number of para-hydroxylation sites is 1. The van der Waals surface area contributed by atoms with Crippen LogP contribution in [0.5, 0.6) is 5.75 Å². The molecule has 0 aliphatic heterocycles. The van der Waals surface area contributed by atoms with Gasteiger partial charge in [-0.3, -0.25) is 4.79 Å². The molecule has 0 heterocycles. The van der Waals surface area contributed by atoms with E-state index < -0.39 is 0 Å². The van der Waals surface area contributed by atoms with E-state index in [9.17, 15) is 4.79 Å². The highest BCUT2D eigenvalue weighted by molar-refractivity contribution is 6.32. The molecule has 0 unspecified atom stereocenters. The first-order valence-corrected chi connectivity index (χ1v) is 6.99. The van der Waals surface area contributed by atoms with Crippen molar-refractivity contribution in [2.24, 2.45) is 5.73 Å². The van der Waals surface area contributed by atoms with Crippen molar-refractivity contribution >= 4 is 17.5 Å². The van der Waals surface area contributed by atoms with Gasteiger partial charge in [-0.1, -0.05) is 54.1 Å². The number of ether oxygens (including phenoxy) is 1. The van der Waals surface area contributed by atoms with Crippen LogP contribution in [0.2, 0.25) is 5.02 Å². The number of amides is 1. The van der Waals surface area contributed by atoms with Gasteiger partial charge in [-0.2, -0.15) is 0 Å². The van der Waals surface area contributed by atoms with Crippen LogP contribution in [0, 0.1) is 0 Å². The van der Waals surface area contributed by atoms with Crippen molar-refractivity contribution in [1.29, 1.82) is 0 Å². The number of hydrogen-bond acceptors (Lipinski definition) is 3. The maximum absolute atomic E-state index is 11.8.